The smallest absolute Gasteiger partial charge is 0.330 e. The normalized spacial score (nSPS) is 18.6. The SMILES string of the molecule is C=CC(=O)OCCC(=O)O/C(C#N)=C1\Sc2cc(OC)cc3c2N1CCC3C. The van der Waals surface area contributed by atoms with Crippen LogP contribution in [-0.4, -0.2) is 32.2 Å². The van der Waals surface area contributed by atoms with Gasteiger partial charge in [0.1, 0.15) is 23.5 Å². The number of carbonyl (C=O) groups is 2. The first-order valence-corrected chi connectivity index (χ1v) is 9.61. The molecule has 0 aromatic heterocycles. The number of nitriles is 1. The molecule has 3 rings (SSSR count). The Hall–Kier alpha value is -2.92. The quantitative estimate of drug-likeness (QED) is 0.310. The summed E-state index contributed by atoms with van der Waals surface area (Å²) in [5, 5.41) is 10.2. The van der Waals surface area contributed by atoms with Gasteiger partial charge in [0.05, 0.1) is 19.2 Å². The number of thioether (sulfide) groups is 1. The standard InChI is InChI=1S/C20H20N2O5S/c1-4-17(23)26-8-6-18(24)27-15(11-21)20-22-7-5-12(2)14-9-13(25-3)10-16(28-20)19(14)22/h4,9-10,12H,1,5-8H2,2-3H3/b20-15-. The van der Waals surface area contributed by atoms with Crippen LogP contribution in [0.25, 0.3) is 0 Å². The number of ether oxygens (including phenoxy) is 3. The number of nitrogens with zero attached hydrogens (tertiary/aromatic N) is 2. The second-order valence-electron chi connectivity index (χ2n) is 6.35. The molecule has 0 fully saturated rings. The summed E-state index contributed by atoms with van der Waals surface area (Å²) >= 11 is 1.39. The summed E-state index contributed by atoms with van der Waals surface area (Å²) in [5.74, 6) is -0.179. The van der Waals surface area contributed by atoms with Crippen LogP contribution >= 0.6 is 11.8 Å². The molecule has 0 saturated heterocycles. The maximum absolute atomic E-state index is 12.1. The largest absolute Gasteiger partial charge is 0.497 e. The lowest BCUT2D eigenvalue weighted by atomic mass is 9.91. The molecule has 0 spiro atoms. The lowest BCUT2D eigenvalue weighted by Crippen LogP contribution is -2.27. The summed E-state index contributed by atoms with van der Waals surface area (Å²) in [6.45, 7) is 6.04. The Bertz CT molecular complexity index is 903. The van der Waals surface area contributed by atoms with Gasteiger partial charge in [0.25, 0.3) is 0 Å². The predicted molar refractivity (Wildman–Crippen MR) is 104 cm³/mol. The van der Waals surface area contributed by atoms with Gasteiger partial charge in [-0.3, -0.25) is 4.79 Å². The van der Waals surface area contributed by atoms with Crippen molar-refractivity contribution in [1.82, 2.24) is 0 Å². The number of hydrogen-bond donors (Lipinski definition) is 0. The zero-order valence-electron chi connectivity index (χ0n) is 15.7. The van der Waals surface area contributed by atoms with Crippen molar-refractivity contribution in [1.29, 1.82) is 5.26 Å². The molecule has 7 nitrogen and oxygen atoms in total. The van der Waals surface area contributed by atoms with Crippen LogP contribution in [-0.2, 0) is 19.1 Å². The molecule has 1 atom stereocenters. The van der Waals surface area contributed by atoms with Crippen molar-refractivity contribution in [2.24, 2.45) is 0 Å². The molecule has 8 heteroatoms. The molecule has 0 radical (unpaired) electrons. The van der Waals surface area contributed by atoms with Crippen LogP contribution in [0.3, 0.4) is 0 Å². The number of rotatable bonds is 6. The van der Waals surface area contributed by atoms with E-state index in [1.54, 1.807) is 7.11 Å². The molecule has 2 aliphatic rings. The maximum Gasteiger partial charge on any atom is 0.330 e. The van der Waals surface area contributed by atoms with Gasteiger partial charge in [-0.2, -0.15) is 5.26 Å². The van der Waals surface area contributed by atoms with Crippen LogP contribution in [0, 0.1) is 11.3 Å². The molecule has 2 aliphatic heterocycles. The zero-order chi connectivity index (χ0) is 20.3. The van der Waals surface area contributed by atoms with E-state index in [9.17, 15) is 14.9 Å². The molecule has 0 aliphatic carbocycles. The van der Waals surface area contributed by atoms with E-state index in [0.717, 1.165) is 40.9 Å². The van der Waals surface area contributed by atoms with Crippen molar-refractivity contribution in [3.8, 4) is 11.8 Å². The molecule has 1 aromatic carbocycles. The minimum Gasteiger partial charge on any atom is -0.497 e. The van der Waals surface area contributed by atoms with Crippen molar-refractivity contribution in [3.63, 3.8) is 0 Å². The van der Waals surface area contributed by atoms with Gasteiger partial charge in [-0.05, 0) is 30.0 Å². The number of hydrogen-bond acceptors (Lipinski definition) is 8. The highest BCUT2D eigenvalue weighted by molar-refractivity contribution is 8.03. The van der Waals surface area contributed by atoms with Gasteiger partial charge in [-0.15, -0.1) is 0 Å². The minimum absolute atomic E-state index is 0.0549. The Kier molecular flexibility index (Phi) is 5.95. The van der Waals surface area contributed by atoms with Crippen LogP contribution in [0.2, 0.25) is 0 Å². The van der Waals surface area contributed by atoms with Gasteiger partial charge < -0.3 is 19.1 Å². The van der Waals surface area contributed by atoms with Gasteiger partial charge in [0, 0.05) is 17.5 Å². The van der Waals surface area contributed by atoms with Crippen molar-refractivity contribution in [2.75, 3.05) is 25.2 Å². The fourth-order valence-corrected chi connectivity index (χ4v) is 4.34. The van der Waals surface area contributed by atoms with Crippen molar-refractivity contribution in [3.05, 3.63) is 41.1 Å². The Labute approximate surface area is 167 Å². The second kappa shape index (κ2) is 8.40. The van der Waals surface area contributed by atoms with E-state index < -0.39 is 11.9 Å². The van der Waals surface area contributed by atoms with E-state index in [4.69, 9.17) is 14.2 Å². The Morgan fingerprint density at radius 3 is 2.93 bits per heavy atom. The topological polar surface area (TPSA) is 88.9 Å². The summed E-state index contributed by atoms with van der Waals surface area (Å²) in [4.78, 5) is 26.1. The van der Waals surface area contributed by atoms with Crippen LogP contribution in [0.1, 0.15) is 31.2 Å². The lowest BCUT2D eigenvalue weighted by Gasteiger charge is -2.31. The highest BCUT2D eigenvalue weighted by atomic mass is 32.2. The van der Waals surface area contributed by atoms with Gasteiger partial charge >= 0.3 is 11.9 Å². The van der Waals surface area contributed by atoms with Crippen LogP contribution < -0.4 is 9.64 Å². The highest BCUT2D eigenvalue weighted by Crippen LogP contribution is 2.54. The van der Waals surface area contributed by atoms with E-state index in [1.165, 1.54) is 11.8 Å². The number of benzene rings is 1. The Morgan fingerprint density at radius 2 is 2.25 bits per heavy atom. The van der Waals surface area contributed by atoms with E-state index in [0.29, 0.717) is 10.9 Å². The zero-order valence-corrected chi connectivity index (χ0v) is 16.5. The van der Waals surface area contributed by atoms with Gasteiger partial charge in [0.2, 0.25) is 5.76 Å². The summed E-state index contributed by atoms with van der Waals surface area (Å²) in [5.41, 5.74) is 2.20. The minimum atomic E-state index is -0.638. The number of methoxy groups -OCH3 is 1. The third-order valence-electron chi connectivity index (χ3n) is 4.58. The van der Waals surface area contributed by atoms with Gasteiger partial charge in [-0.25, -0.2) is 4.79 Å². The molecule has 1 aromatic rings. The van der Waals surface area contributed by atoms with Crippen molar-refractivity contribution >= 4 is 29.4 Å². The molecule has 1 unspecified atom stereocenters. The van der Waals surface area contributed by atoms with Crippen molar-refractivity contribution in [2.45, 2.75) is 30.6 Å². The Morgan fingerprint density at radius 1 is 1.46 bits per heavy atom. The molecule has 0 amide bonds. The maximum atomic E-state index is 12.1. The number of esters is 2. The lowest BCUT2D eigenvalue weighted by molar-refractivity contribution is -0.143. The van der Waals surface area contributed by atoms with E-state index in [1.807, 2.05) is 23.1 Å². The first kappa shape index (κ1) is 19.8. The molecule has 146 valence electrons. The summed E-state index contributed by atoms with van der Waals surface area (Å²) < 4.78 is 15.5. The summed E-state index contributed by atoms with van der Waals surface area (Å²) in [6.07, 6.45) is 1.78. The van der Waals surface area contributed by atoms with Crippen LogP contribution in [0.5, 0.6) is 5.75 Å². The molecule has 0 bridgehead atoms. The molecule has 28 heavy (non-hydrogen) atoms. The fraction of sp³-hybridized carbons (Fsp3) is 0.350. The average molecular weight is 400 g/mol. The number of anilines is 1. The molecule has 0 saturated carbocycles. The highest BCUT2D eigenvalue weighted by Gasteiger charge is 2.36. The van der Waals surface area contributed by atoms with E-state index >= 15 is 0 Å². The molecule has 2 heterocycles. The number of carbonyl (C=O) groups excluding carboxylic acids is 2. The predicted octanol–water partition coefficient (Wildman–Crippen LogP) is 3.47. The van der Waals surface area contributed by atoms with Crippen LogP contribution in [0.15, 0.2) is 40.5 Å². The average Bonchev–Trinajstić information content (AvgIpc) is 3.07. The second-order valence-corrected chi connectivity index (χ2v) is 7.38. The van der Waals surface area contributed by atoms with Gasteiger partial charge in [-0.1, -0.05) is 25.3 Å². The third-order valence-corrected chi connectivity index (χ3v) is 5.71. The van der Waals surface area contributed by atoms with E-state index in [2.05, 4.69) is 13.5 Å². The van der Waals surface area contributed by atoms with E-state index in [-0.39, 0.29) is 18.8 Å². The van der Waals surface area contributed by atoms with Gasteiger partial charge in [0.15, 0.2) is 0 Å². The number of allylic oxidation sites excluding steroid dienone is 1. The molecule has 0 N–H and O–H groups in total. The monoisotopic (exact) mass is 400 g/mol. The van der Waals surface area contributed by atoms with Crippen molar-refractivity contribution < 1.29 is 23.8 Å². The van der Waals surface area contributed by atoms with Crippen LogP contribution in [0.4, 0.5) is 5.69 Å². The Balaban J connectivity index is 1.82. The third kappa shape index (κ3) is 3.85. The summed E-state index contributed by atoms with van der Waals surface area (Å²) in [7, 11) is 1.62. The fourth-order valence-electron chi connectivity index (χ4n) is 3.16. The first-order chi connectivity index (χ1) is 13.5. The molecular weight excluding hydrogens is 380 g/mol. The first-order valence-electron chi connectivity index (χ1n) is 8.80. The molecular formula is C20H20N2O5S. The summed E-state index contributed by atoms with van der Waals surface area (Å²) in [6, 6.07) is 5.93.